The maximum atomic E-state index is 12.3. The van der Waals surface area contributed by atoms with Crippen molar-refractivity contribution in [2.24, 2.45) is 5.92 Å². The summed E-state index contributed by atoms with van der Waals surface area (Å²) in [7, 11) is -1.86. The zero-order chi connectivity index (χ0) is 18.5. The number of aliphatic hydroxyl groups excluding tert-OH is 1. The summed E-state index contributed by atoms with van der Waals surface area (Å²) in [6, 6.07) is 0.0141. The first-order valence-corrected chi connectivity index (χ1v) is 11.7. The van der Waals surface area contributed by atoms with E-state index in [4.69, 9.17) is 9.16 Å². The van der Waals surface area contributed by atoms with E-state index in [0.717, 1.165) is 6.42 Å². The summed E-state index contributed by atoms with van der Waals surface area (Å²) in [6.07, 6.45) is 2.44. The molecular formula is C18H35NO4Si. The summed E-state index contributed by atoms with van der Waals surface area (Å²) >= 11 is 0. The fraction of sp³-hybridized carbons (Fsp3) is 0.833. The molecule has 0 aliphatic carbocycles. The lowest BCUT2D eigenvalue weighted by Crippen LogP contribution is -2.46. The topological polar surface area (TPSA) is 59.0 Å². The highest BCUT2D eigenvalue weighted by Gasteiger charge is 2.41. The zero-order valence-corrected chi connectivity index (χ0v) is 17.2. The Morgan fingerprint density at radius 3 is 2.58 bits per heavy atom. The second-order valence-electron chi connectivity index (χ2n) is 8.43. The molecule has 5 nitrogen and oxygen atoms in total. The van der Waals surface area contributed by atoms with Gasteiger partial charge in [0.05, 0.1) is 18.8 Å². The summed E-state index contributed by atoms with van der Waals surface area (Å²) in [5.41, 5.74) is 0. The molecule has 0 aromatic carbocycles. The number of nitrogens with zero attached hydrogens (tertiary/aromatic N) is 1. The lowest BCUT2D eigenvalue weighted by atomic mass is 9.99. The molecule has 1 aliphatic heterocycles. The molecule has 1 amide bonds. The minimum absolute atomic E-state index is 0.0141. The van der Waals surface area contributed by atoms with Gasteiger partial charge in [-0.2, -0.15) is 0 Å². The second-order valence-corrected chi connectivity index (χ2v) is 13.2. The van der Waals surface area contributed by atoms with Gasteiger partial charge >= 0.3 is 6.09 Å². The van der Waals surface area contributed by atoms with Crippen molar-refractivity contribution in [1.82, 2.24) is 4.90 Å². The van der Waals surface area contributed by atoms with Crippen LogP contribution in [0.15, 0.2) is 12.7 Å². The quantitative estimate of drug-likeness (QED) is 0.556. The van der Waals surface area contributed by atoms with E-state index in [2.05, 4.69) is 40.4 Å². The summed E-state index contributed by atoms with van der Waals surface area (Å²) in [5.74, 6) is 0.286. The van der Waals surface area contributed by atoms with Gasteiger partial charge in [-0.25, -0.2) is 4.79 Å². The Labute approximate surface area is 148 Å². The van der Waals surface area contributed by atoms with Gasteiger partial charge in [-0.05, 0) is 43.8 Å². The van der Waals surface area contributed by atoms with Crippen LogP contribution in [-0.4, -0.2) is 56.3 Å². The van der Waals surface area contributed by atoms with E-state index >= 15 is 0 Å². The SMILES string of the molecule is C=CCOC(=O)N1C[C@@H](CC(C)O)C[C@H]1CO[Si](C)(C)C(C)(C)C. The van der Waals surface area contributed by atoms with Gasteiger partial charge in [-0.15, -0.1) is 0 Å². The van der Waals surface area contributed by atoms with Crippen molar-refractivity contribution in [3.8, 4) is 0 Å². The summed E-state index contributed by atoms with van der Waals surface area (Å²) in [6.45, 7) is 17.8. The first-order chi connectivity index (χ1) is 11.0. The van der Waals surface area contributed by atoms with Crippen molar-refractivity contribution in [2.75, 3.05) is 19.8 Å². The van der Waals surface area contributed by atoms with E-state index in [0.29, 0.717) is 19.6 Å². The maximum Gasteiger partial charge on any atom is 0.410 e. The van der Waals surface area contributed by atoms with Gasteiger partial charge < -0.3 is 19.2 Å². The zero-order valence-electron chi connectivity index (χ0n) is 16.2. The van der Waals surface area contributed by atoms with E-state index in [9.17, 15) is 9.90 Å². The molecule has 1 heterocycles. The molecule has 1 rings (SSSR count). The van der Waals surface area contributed by atoms with Crippen LogP contribution in [0.4, 0.5) is 4.79 Å². The van der Waals surface area contributed by atoms with Gasteiger partial charge in [0.2, 0.25) is 0 Å². The van der Waals surface area contributed by atoms with E-state index in [-0.39, 0.29) is 35.8 Å². The van der Waals surface area contributed by atoms with Gasteiger partial charge in [-0.1, -0.05) is 33.4 Å². The standard InChI is InChI=1S/C18H35NO4Si/c1-8-9-22-17(21)19-12-15(10-14(2)20)11-16(19)13-23-24(6,7)18(3,4)5/h8,14-16,20H,1,9-13H2,2-7H3/t14?,15-,16-/m0/s1. The van der Waals surface area contributed by atoms with Crippen LogP contribution in [0.3, 0.4) is 0 Å². The van der Waals surface area contributed by atoms with Crippen LogP contribution in [0.25, 0.3) is 0 Å². The first kappa shape index (κ1) is 21.2. The van der Waals surface area contributed by atoms with Gasteiger partial charge in [0.1, 0.15) is 6.61 Å². The van der Waals surface area contributed by atoms with E-state index in [1.165, 1.54) is 0 Å². The summed E-state index contributed by atoms with van der Waals surface area (Å²) in [4.78, 5) is 14.1. The van der Waals surface area contributed by atoms with Crippen molar-refractivity contribution in [3.63, 3.8) is 0 Å². The number of aliphatic hydroxyl groups is 1. The van der Waals surface area contributed by atoms with Gasteiger partial charge in [0, 0.05) is 6.54 Å². The number of rotatable bonds is 7. The molecule has 0 saturated carbocycles. The molecule has 3 atom stereocenters. The molecule has 0 radical (unpaired) electrons. The molecule has 0 aromatic rings. The number of likely N-dealkylation sites (tertiary alicyclic amines) is 1. The van der Waals surface area contributed by atoms with Crippen molar-refractivity contribution >= 4 is 14.4 Å². The normalized spacial score (nSPS) is 23.2. The first-order valence-electron chi connectivity index (χ1n) is 8.84. The Bertz CT molecular complexity index is 431. The predicted molar refractivity (Wildman–Crippen MR) is 99.6 cm³/mol. The van der Waals surface area contributed by atoms with Crippen molar-refractivity contribution < 1.29 is 19.1 Å². The Kier molecular flexibility index (Phi) is 7.50. The van der Waals surface area contributed by atoms with Gasteiger partial charge in [0.15, 0.2) is 8.32 Å². The minimum Gasteiger partial charge on any atom is -0.445 e. The Morgan fingerprint density at radius 2 is 2.08 bits per heavy atom. The smallest absolute Gasteiger partial charge is 0.410 e. The molecule has 0 aromatic heterocycles. The molecule has 140 valence electrons. The fourth-order valence-corrected chi connectivity index (χ4v) is 3.82. The lowest BCUT2D eigenvalue weighted by Gasteiger charge is -2.37. The number of ether oxygens (including phenoxy) is 1. The lowest BCUT2D eigenvalue weighted by molar-refractivity contribution is 0.0928. The van der Waals surface area contributed by atoms with Gasteiger partial charge in [0.25, 0.3) is 0 Å². The highest BCUT2D eigenvalue weighted by molar-refractivity contribution is 6.74. The number of hydrogen-bond acceptors (Lipinski definition) is 4. The third-order valence-corrected chi connectivity index (χ3v) is 9.68. The highest BCUT2D eigenvalue weighted by atomic mass is 28.4. The molecule has 24 heavy (non-hydrogen) atoms. The van der Waals surface area contributed by atoms with Crippen LogP contribution in [0.2, 0.25) is 18.1 Å². The molecule has 1 saturated heterocycles. The number of carbonyl (C=O) groups excluding carboxylic acids is 1. The largest absolute Gasteiger partial charge is 0.445 e. The summed E-state index contributed by atoms with van der Waals surface area (Å²) < 4.78 is 11.5. The molecule has 1 N–H and O–H groups in total. The van der Waals surface area contributed by atoms with Crippen molar-refractivity contribution in [2.45, 2.75) is 70.8 Å². The third-order valence-electron chi connectivity index (χ3n) is 5.18. The molecule has 6 heteroatoms. The van der Waals surface area contributed by atoms with Crippen molar-refractivity contribution in [3.05, 3.63) is 12.7 Å². The number of carbonyl (C=O) groups is 1. The van der Waals surface area contributed by atoms with Crippen LogP contribution in [0.1, 0.15) is 40.5 Å². The summed E-state index contributed by atoms with van der Waals surface area (Å²) in [5, 5.41) is 9.80. The minimum atomic E-state index is -1.86. The molecule has 1 unspecified atom stereocenters. The molecule has 0 spiro atoms. The maximum absolute atomic E-state index is 12.3. The van der Waals surface area contributed by atoms with Crippen LogP contribution < -0.4 is 0 Å². The van der Waals surface area contributed by atoms with Crippen LogP contribution in [0, 0.1) is 5.92 Å². The second kappa shape index (κ2) is 8.49. The Hall–Kier alpha value is -0.853. The van der Waals surface area contributed by atoms with Crippen LogP contribution in [-0.2, 0) is 9.16 Å². The predicted octanol–water partition coefficient (Wildman–Crippen LogP) is 3.79. The van der Waals surface area contributed by atoms with Crippen LogP contribution in [0.5, 0.6) is 0 Å². The van der Waals surface area contributed by atoms with E-state index in [1.807, 2.05) is 0 Å². The van der Waals surface area contributed by atoms with E-state index < -0.39 is 8.32 Å². The Morgan fingerprint density at radius 1 is 1.46 bits per heavy atom. The van der Waals surface area contributed by atoms with Gasteiger partial charge in [-0.3, -0.25) is 0 Å². The molecule has 1 aliphatic rings. The van der Waals surface area contributed by atoms with Crippen LogP contribution >= 0.6 is 0 Å². The van der Waals surface area contributed by atoms with E-state index in [1.54, 1.807) is 17.9 Å². The Balaban J connectivity index is 2.75. The molecule has 1 fully saturated rings. The van der Waals surface area contributed by atoms with Crippen molar-refractivity contribution in [1.29, 1.82) is 0 Å². The molecular weight excluding hydrogens is 322 g/mol. The average molecular weight is 358 g/mol. The fourth-order valence-electron chi connectivity index (χ4n) is 2.78. The number of hydrogen-bond donors (Lipinski definition) is 1. The number of amides is 1. The monoisotopic (exact) mass is 357 g/mol. The highest BCUT2D eigenvalue weighted by Crippen LogP contribution is 2.37. The third kappa shape index (κ3) is 5.90. The molecule has 0 bridgehead atoms. The average Bonchev–Trinajstić information content (AvgIpc) is 2.83.